The molecule has 3 aliphatic rings. The minimum atomic E-state index is -5.12. The molecule has 2 aliphatic heterocycles. The molecular weight excluding hydrogens is 567 g/mol. The van der Waals surface area contributed by atoms with Crippen LogP contribution >= 0.6 is 11.6 Å². The molecule has 2 atom stereocenters. The standard InChI is InChI=1S/C32H41ClF3N3O3/c1-37(2)29(40)27-9-8-26(20-28(27)33)38-14-10-21(11-15-38)18-22-12-16-39(17-13-22)30(41)31(42,32(34,35)36)25-5-3-4-24(19-25)23-6-7-23/h3-5,8-9,19-23,29,40,42H,6-7,10-18H2,1-2H3. The maximum Gasteiger partial charge on any atom is 0.430 e. The predicted molar refractivity (Wildman–Crippen MR) is 157 cm³/mol. The molecule has 3 fully saturated rings. The van der Waals surface area contributed by atoms with E-state index in [9.17, 15) is 28.2 Å². The smallest absolute Gasteiger partial charge is 0.374 e. The van der Waals surface area contributed by atoms with Crippen LogP contribution in [0.2, 0.25) is 5.02 Å². The number of amides is 1. The Morgan fingerprint density at radius 2 is 1.60 bits per heavy atom. The highest BCUT2D eigenvalue weighted by Crippen LogP contribution is 2.45. The number of aliphatic hydroxyl groups is 2. The Morgan fingerprint density at radius 1 is 0.976 bits per heavy atom. The molecule has 2 unspecified atom stereocenters. The zero-order chi connectivity index (χ0) is 30.2. The van der Waals surface area contributed by atoms with E-state index >= 15 is 0 Å². The number of carbonyl (C=O) groups excluding carboxylic acids is 1. The van der Waals surface area contributed by atoms with Crippen LogP contribution in [0, 0.1) is 11.8 Å². The van der Waals surface area contributed by atoms with Crippen LogP contribution < -0.4 is 4.90 Å². The van der Waals surface area contributed by atoms with E-state index < -0.39 is 23.9 Å². The van der Waals surface area contributed by atoms with E-state index in [4.69, 9.17) is 11.6 Å². The Morgan fingerprint density at radius 3 is 2.14 bits per heavy atom. The van der Waals surface area contributed by atoms with Gasteiger partial charge in [0.1, 0.15) is 6.23 Å². The van der Waals surface area contributed by atoms with Crippen molar-refractivity contribution in [3.63, 3.8) is 0 Å². The first-order chi connectivity index (χ1) is 19.9. The van der Waals surface area contributed by atoms with Gasteiger partial charge in [-0.05, 0) is 94.5 Å². The molecule has 2 heterocycles. The number of alkyl halides is 3. The minimum absolute atomic E-state index is 0.209. The van der Waals surface area contributed by atoms with Crippen molar-refractivity contribution in [1.82, 2.24) is 9.80 Å². The molecule has 1 aliphatic carbocycles. The number of aliphatic hydroxyl groups excluding tert-OH is 1. The number of benzene rings is 2. The number of hydrogen-bond donors (Lipinski definition) is 2. The van der Waals surface area contributed by atoms with Crippen molar-refractivity contribution in [1.29, 1.82) is 0 Å². The average molecular weight is 608 g/mol. The van der Waals surface area contributed by atoms with E-state index in [1.807, 2.05) is 18.2 Å². The minimum Gasteiger partial charge on any atom is -0.374 e. The maximum atomic E-state index is 14.3. The van der Waals surface area contributed by atoms with Crippen molar-refractivity contribution in [2.24, 2.45) is 11.8 Å². The first-order valence-corrected chi connectivity index (χ1v) is 15.3. The lowest BCUT2D eigenvalue weighted by atomic mass is 9.82. The molecule has 2 aromatic carbocycles. The first-order valence-electron chi connectivity index (χ1n) is 15.0. The van der Waals surface area contributed by atoms with Gasteiger partial charge in [-0.3, -0.25) is 9.69 Å². The van der Waals surface area contributed by atoms with E-state index in [1.165, 1.54) is 23.1 Å². The third-order valence-electron chi connectivity index (χ3n) is 9.37. The van der Waals surface area contributed by atoms with Crippen molar-refractivity contribution in [2.45, 2.75) is 68.9 Å². The Balaban J connectivity index is 1.14. The summed E-state index contributed by atoms with van der Waals surface area (Å²) in [6, 6.07) is 11.6. The lowest BCUT2D eigenvalue weighted by Crippen LogP contribution is -2.57. The number of halogens is 4. The summed E-state index contributed by atoms with van der Waals surface area (Å²) < 4.78 is 42.8. The molecule has 1 amide bonds. The molecular formula is C32H41ClF3N3O3. The summed E-state index contributed by atoms with van der Waals surface area (Å²) in [7, 11) is 3.58. The summed E-state index contributed by atoms with van der Waals surface area (Å²) in [5, 5.41) is 21.8. The zero-order valence-electron chi connectivity index (χ0n) is 24.3. The summed E-state index contributed by atoms with van der Waals surface area (Å²) >= 11 is 6.47. The number of anilines is 1. The molecule has 2 aromatic rings. The monoisotopic (exact) mass is 607 g/mol. The summed E-state index contributed by atoms with van der Waals surface area (Å²) in [5.41, 5.74) is -1.48. The Labute approximate surface area is 251 Å². The maximum absolute atomic E-state index is 14.3. The van der Waals surface area contributed by atoms with Gasteiger partial charge in [-0.25, -0.2) is 0 Å². The van der Waals surface area contributed by atoms with Gasteiger partial charge in [0.05, 0.1) is 0 Å². The molecule has 0 bridgehead atoms. The number of piperidine rings is 2. The molecule has 2 N–H and O–H groups in total. The molecule has 6 nitrogen and oxygen atoms in total. The summed E-state index contributed by atoms with van der Waals surface area (Å²) in [5.74, 6) is -0.210. The van der Waals surface area contributed by atoms with E-state index in [0.29, 0.717) is 35.3 Å². The topological polar surface area (TPSA) is 67.2 Å². The van der Waals surface area contributed by atoms with Gasteiger partial charge in [0, 0.05) is 48.0 Å². The quantitative estimate of drug-likeness (QED) is 0.357. The summed E-state index contributed by atoms with van der Waals surface area (Å²) in [6.07, 6.45) is 0.204. The van der Waals surface area contributed by atoms with Crippen molar-refractivity contribution in [3.8, 4) is 0 Å². The van der Waals surface area contributed by atoms with Crippen LogP contribution in [0.25, 0.3) is 0 Å². The predicted octanol–water partition coefficient (Wildman–Crippen LogP) is 6.07. The molecule has 0 radical (unpaired) electrons. The fourth-order valence-electron chi connectivity index (χ4n) is 6.54. The largest absolute Gasteiger partial charge is 0.430 e. The van der Waals surface area contributed by atoms with Gasteiger partial charge in [0.25, 0.3) is 11.5 Å². The highest BCUT2D eigenvalue weighted by molar-refractivity contribution is 6.31. The van der Waals surface area contributed by atoms with Gasteiger partial charge < -0.3 is 20.0 Å². The van der Waals surface area contributed by atoms with Crippen molar-refractivity contribution in [3.05, 3.63) is 64.2 Å². The van der Waals surface area contributed by atoms with Crippen LogP contribution in [0.3, 0.4) is 0 Å². The van der Waals surface area contributed by atoms with Crippen LogP contribution in [0.5, 0.6) is 0 Å². The van der Waals surface area contributed by atoms with Crippen LogP contribution in [-0.4, -0.2) is 72.4 Å². The van der Waals surface area contributed by atoms with E-state index in [-0.39, 0.29) is 24.6 Å². The van der Waals surface area contributed by atoms with Crippen LogP contribution in [0.15, 0.2) is 42.5 Å². The van der Waals surface area contributed by atoms with E-state index in [0.717, 1.165) is 56.4 Å². The number of likely N-dealkylation sites (tertiary alicyclic amines) is 1. The molecule has 0 aromatic heterocycles. The molecule has 1 saturated carbocycles. The highest BCUT2D eigenvalue weighted by Gasteiger charge is 2.62. The van der Waals surface area contributed by atoms with E-state index in [1.54, 1.807) is 25.1 Å². The molecule has 0 spiro atoms. The lowest BCUT2D eigenvalue weighted by Gasteiger charge is -2.40. The van der Waals surface area contributed by atoms with Gasteiger partial charge in [0.2, 0.25) is 0 Å². The van der Waals surface area contributed by atoms with Crippen molar-refractivity contribution >= 4 is 23.2 Å². The van der Waals surface area contributed by atoms with Crippen molar-refractivity contribution < 1.29 is 28.2 Å². The lowest BCUT2D eigenvalue weighted by molar-refractivity contribution is -0.262. The van der Waals surface area contributed by atoms with Crippen LogP contribution in [0.4, 0.5) is 18.9 Å². The second-order valence-corrected chi connectivity index (χ2v) is 13.0. The normalized spacial score (nSPS) is 21.5. The molecule has 10 heteroatoms. The average Bonchev–Trinajstić information content (AvgIpc) is 3.82. The Hall–Kier alpha value is -2.33. The molecule has 2 saturated heterocycles. The van der Waals surface area contributed by atoms with Gasteiger partial charge in [-0.1, -0.05) is 41.9 Å². The summed E-state index contributed by atoms with van der Waals surface area (Å²) in [6.45, 7) is 2.19. The van der Waals surface area contributed by atoms with Gasteiger partial charge in [-0.2, -0.15) is 13.2 Å². The van der Waals surface area contributed by atoms with Gasteiger partial charge >= 0.3 is 6.18 Å². The third kappa shape index (κ3) is 6.44. The second kappa shape index (κ2) is 12.3. The Bertz CT molecular complexity index is 1260. The zero-order valence-corrected chi connectivity index (χ0v) is 25.0. The number of hydrogen-bond acceptors (Lipinski definition) is 5. The molecule has 42 heavy (non-hydrogen) atoms. The first kappa shape index (κ1) is 31.1. The SMILES string of the molecule is CN(C)C(O)c1ccc(N2CCC(CC3CCN(C(=O)C(O)(c4cccc(C5CC5)c4)C(F)(F)F)CC3)CC2)cc1Cl. The number of nitrogens with zero attached hydrogens (tertiary/aromatic N) is 3. The van der Waals surface area contributed by atoms with Crippen molar-refractivity contribution in [2.75, 3.05) is 45.2 Å². The van der Waals surface area contributed by atoms with Crippen LogP contribution in [0.1, 0.15) is 73.8 Å². The Kier molecular flexibility index (Phi) is 9.14. The third-order valence-corrected chi connectivity index (χ3v) is 9.70. The summed E-state index contributed by atoms with van der Waals surface area (Å²) in [4.78, 5) is 18.5. The number of rotatable bonds is 8. The fraction of sp³-hybridized carbons (Fsp3) is 0.594. The fourth-order valence-corrected chi connectivity index (χ4v) is 6.81. The molecule has 230 valence electrons. The van der Waals surface area contributed by atoms with Gasteiger partial charge in [0.15, 0.2) is 0 Å². The highest BCUT2D eigenvalue weighted by atomic mass is 35.5. The molecule has 5 rings (SSSR count). The van der Waals surface area contributed by atoms with Gasteiger partial charge in [-0.15, -0.1) is 0 Å². The van der Waals surface area contributed by atoms with E-state index in [2.05, 4.69) is 4.90 Å². The number of carbonyl (C=O) groups is 1. The van der Waals surface area contributed by atoms with Crippen LogP contribution in [-0.2, 0) is 10.4 Å². The second-order valence-electron chi connectivity index (χ2n) is 12.6.